The van der Waals surface area contributed by atoms with Crippen molar-refractivity contribution in [2.24, 2.45) is 5.10 Å². The summed E-state index contributed by atoms with van der Waals surface area (Å²) in [7, 11) is 0. The summed E-state index contributed by atoms with van der Waals surface area (Å²) >= 11 is 15.3. The van der Waals surface area contributed by atoms with Crippen LogP contribution in [0.1, 0.15) is 5.56 Å². The van der Waals surface area contributed by atoms with E-state index in [2.05, 4.69) is 10.2 Å². The van der Waals surface area contributed by atoms with Gasteiger partial charge in [-0.3, -0.25) is 0 Å². The van der Waals surface area contributed by atoms with Crippen LogP contribution in [0, 0.1) is 0 Å². The lowest BCUT2D eigenvalue weighted by Gasteiger charge is -2.14. The van der Waals surface area contributed by atoms with Crippen LogP contribution in [0.25, 0.3) is 10.7 Å². The fraction of sp³-hybridized carbons (Fsp3) is 0.0714. The fourth-order valence-electron chi connectivity index (χ4n) is 2.10. The van der Waals surface area contributed by atoms with Crippen molar-refractivity contribution >= 4 is 52.0 Å². The number of rotatable bonds is 2. The van der Waals surface area contributed by atoms with Crippen molar-refractivity contribution in [3.8, 4) is 10.7 Å². The van der Waals surface area contributed by atoms with Crippen molar-refractivity contribution < 1.29 is 0 Å². The van der Waals surface area contributed by atoms with E-state index >= 15 is 0 Å². The fourth-order valence-corrected chi connectivity index (χ4v) is 3.93. The molecule has 0 fully saturated rings. The molecule has 1 aromatic carbocycles. The molecule has 4 rings (SSSR count). The number of nitrogens with zero attached hydrogens (tertiary/aromatic N) is 4. The van der Waals surface area contributed by atoms with Crippen molar-refractivity contribution in [3.63, 3.8) is 0 Å². The number of thioether (sulfide) groups is 1. The molecule has 0 radical (unpaired) electrons. The van der Waals surface area contributed by atoms with Gasteiger partial charge in [-0.05, 0) is 23.6 Å². The Kier molecular flexibility index (Phi) is 3.69. The summed E-state index contributed by atoms with van der Waals surface area (Å²) in [5.41, 5.74) is 1.88. The molecule has 4 nitrogen and oxygen atoms in total. The van der Waals surface area contributed by atoms with Crippen LogP contribution in [0.15, 0.2) is 46.0 Å². The van der Waals surface area contributed by atoms with Gasteiger partial charge in [0.25, 0.3) is 0 Å². The molecule has 22 heavy (non-hydrogen) atoms. The molecule has 0 saturated heterocycles. The molecular weight excluding hydrogens is 359 g/mol. The minimum atomic E-state index is 0.528. The second kappa shape index (κ2) is 5.70. The van der Waals surface area contributed by atoms with Crippen LogP contribution in [0.2, 0.25) is 10.0 Å². The van der Waals surface area contributed by atoms with Crippen LogP contribution in [0.4, 0.5) is 0 Å². The Morgan fingerprint density at radius 2 is 2.00 bits per heavy atom. The smallest absolute Gasteiger partial charge is 0.186 e. The van der Waals surface area contributed by atoms with Crippen LogP contribution in [-0.2, 0) is 0 Å². The van der Waals surface area contributed by atoms with Gasteiger partial charge >= 0.3 is 0 Å². The topological polar surface area (TPSA) is 43.1 Å². The zero-order chi connectivity index (χ0) is 15.1. The highest BCUT2D eigenvalue weighted by molar-refractivity contribution is 7.99. The Labute approximate surface area is 144 Å². The Bertz CT molecular complexity index is 871. The van der Waals surface area contributed by atoms with E-state index in [0.717, 1.165) is 32.9 Å². The molecule has 3 aromatic rings. The third-order valence-corrected chi connectivity index (χ3v) is 5.70. The summed E-state index contributed by atoms with van der Waals surface area (Å²) in [5, 5.41) is 17.0. The Balaban J connectivity index is 1.80. The zero-order valence-corrected chi connectivity index (χ0v) is 14.2. The summed E-state index contributed by atoms with van der Waals surface area (Å²) in [5.74, 6) is 1.48. The molecule has 0 aliphatic carbocycles. The molecule has 0 atom stereocenters. The van der Waals surface area contributed by atoms with Crippen LogP contribution >= 0.6 is 46.3 Å². The van der Waals surface area contributed by atoms with Gasteiger partial charge < -0.3 is 0 Å². The van der Waals surface area contributed by atoms with Crippen molar-refractivity contribution in [3.05, 3.63) is 51.3 Å². The van der Waals surface area contributed by atoms with Crippen molar-refractivity contribution in [1.29, 1.82) is 0 Å². The lowest BCUT2D eigenvalue weighted by molar-refractivity contribution is 0.763. The summed E-state index contributed by atoms with van der Waals surface area (Å²) in [6, 6.07) is 9.54. The number of thiophene rings is 1. The second-order valence-electron chi connectivity index (χ2n) is 4.56. The summed E-state index contributed by atoms with van der Waals surface area (Å²) in [6.07, 6.45) is 0. The molecule has 0 amide bonds. The molecule has 0 N–H and O–H groups in total. The van der Waals surface area contributed by atoms with E-state index in [4.69, 9.17) is 28.3 Å². The second-order valence-corrected chi connectivity index (χ2v) is 7.26. The average molecular weight is 367 g/mol. The first-order valence-electron chi connectivity index (χ1n) is 6.38. The number of benzene rings is 1. The standard InChI is InChI=1S/C14H8Cl2N4S2/c15-9-4-3-8(6-10(9)16)11-7-22-14-18-17-13(20(14)19-11)12-2-1-5-21-12/h1-6H,7H2. The lowest BCUT2D eigenvalue weighted by atomic mass is 10.1. The highest BCUT2D eigenvalue weighted by atomic mass is 35.5. The van der Waals surface area contributed by atoms with Gasteiger partial charge in [0.1, 0.15) is 0 Å². The van der Waals surface area contributed by atoms with Gasteiger partial charge in [0, 0.05) is 11.3 Å². The first kappa shape index (κ1) is 14.3. The highest BCUT2D eigenvalue weighted by Gasteiger charge is 2.21. The van der Waals surface area contributed by atoms with Gasteiger partial charge in [0.15, 0.2) is 5.82 Å². The molecule has 8 heteroatoms. The highest BCUT2D eigenvalue weighted by Crippen LogP contribution is 2.31. The first-order chi connectivity index (χ1) is 10.7. The molecule has 110 valence electrons. The lowest BCUT2D eigenvalue weighted by Crippen LogP contribution is -2.13. The largest absolute Gasteiger partial charge is 0.212 e. The third kappa shape index (κ3) is 2.46. The van der Waals surface area contributed by atoms with Crippen molar-refractivity contribution in [2.45, 2.75) is 5.16 Å². The minimum Gasteiger partial charge on any atom is -0.186 e. The van der Waals surface area contributed by atoms with Crippen molar-refractivity contribution in [1.82, 2.24) is 14.9 Å². The molecular formula is C14H8Cl2N4S2. The first-order valence-corrected chi connectivity index (χ1v) is 9.00. The normalized spacial score (nSPS) is 13.8. The summed E-state index contributed by atoms with van der Waals surface area (Å²) < 4.78 is 1.79. The van der Waals surface area contributed by atoms with Crippen LogP contribution in [-0.4, -0.2) is 26.3 Å². The van der Waals surface area contributed by atoms with Crippen molar-refractivity contribution in [2.75, 3.05) is 5.75 Å². The maximum atomic E-state index is 6.10. The molecule has 2 aromatic heterocycles. The van der Waals surface area contributed by atoms with Gasteiger partial charge in [0.2, 0.25) is 5.16 Å². The van der Waals surface area contributed by atoms with Gasteiger partial charge in [-0.1, -0.05) is 47.1 Å². The maximum Gasteiger partial charge on any atom is 0.212 e. The van der Waals surface area contributed by atoms with Gasteiger partial charge in [-0.15, -0.1) is 21.5 Å². The monoisotopic (exact) mass is 366 g/mol. The Morgan fingerprint density at radius 1 is 1.09 bits per heavy atom. The van der Waals surface area contributed by atoms with E-state index in [-0.39, 0.29) is 0 Å². The molecule has 0 bridgehead atoms. The number of hydrogen-bond acceptors (Lipinski definition) is 5. The van der Waals surface area contributed by atoms with E-state index in [1.165, 1.54) is 0 Å². The summed E-state index contributed by atoms with van der Waals surface area (Å²) in [4.78, 5) is 1.04. The van der Waals surface area contributed by atoms with Crippen LogP contribution in [0.3, 0.4) is 0 Å². The zero-order valence-electron chi connectivity index (χ0n) is 11.0. The minimum absolute atomic E-state index is 0.528. The number of fused-ring (bicyclic) bond motifs is 1. The van der Waals surface area contributed by atoms with E-state index < -0.39 is 0 Å². The predicted octanol–water partition coefficient (Wildman–Crippen LogP) is 4.67. The SMILES string of the molecule is Clc1ccc(C2=Nn3c(nnc3-c3cccs3)SC2)cc1Cl. The van der Waals surface area contributed by atoms with E-state index in [9.17, 15) is 0 Å². The van der Waals surface area contributed by atoms with Gasteiger partial charge in [0.05, 0.1) is 20.6 Å². The third-order valence-electron chi connectivity index (χ3n) is 3.17. The quantitative estimate of drug-likeness (QED) is 0.661. The Morgan fingerprint density at radius 3 is 2.77 bits per heavy atom. The molecule has 0 unspecified atom stereocenters. The van der Waals surface area contributed by atoms with Crippen LogP contribution in [0.5, 0.6) is 0 Å². The van der Waals surface area contributed by atoms with E-state index in [1.807, 2.05) is 29.6 Å². The number of halogens is 2. The molecule has 1 aliphatic rings. The molecule has 3 heterocycles. The molecule has 0 spiro atoms. The number of hydrogen-bond donors (Lipinski definition) is 0. The summed E-state index contributed by atoms with van der Waals surface area (Å²) in [6.45, 7) is 0. The maximum absolute atomic E-state index is 6.10. The van der Waals surface area contributed by atoms with Gasteiger partial charge in [-0.2, -0.15) is 9.78 Å². The average Bonchev–Trinajstić information content (AvgIpc) is 3.17. The number of aromatic nitrogens is 3. The Hall–Kier alpha value is -1.34. The predicted molar refractivity (Wildman–Crippen MR) is 92.5 cm³/mol. The van der Waals surface area contributed by atoms with Gasteiger partial charge in [-0.25, -0.2) is 0 Å². The molecule has 0 saturated carbocycles. The van der Waals surface area contributed by atoms with E-state index in [0.29, 0.717) is 10.0 Å². The van der Waals surface area contributed by atoms with Crippen LogP contribution < -0.4 is 0 Å². The molecule has 1 aliphatic heterocycles. The van der Waals surface area contributed by atoms with E-state index in [1.54, 1.807) is 33.8 Å².